The Kier molecular flexibility index (Phi) is 6.94. The van der Waals surface area contributed by atoms with E-state index in [1.54, 1.807) is 13.8 Å². The summed E-state index contributed by atoms with van der Waals surface area (Å²) in [6.07, 6.45) is 4.13. The SMILES string of the molecule is CC(C)(CN)NS(=O)(=O)N1CCCCCC1.Cl. The van der Waals surface area contributed by atoms with Gasteiger partial charge in [0.15, 0.2) is 0 Å². The maximum Gasteiger partial charge on any atom is 0.279 e. The molecule has 7 heteroatoms. The van der Waals surface area contributed by atoms with Crippen LogP contribution in [0.4, 0.5) is 0 Å². The van der Waals surface area contributed by atoms with Gasteiger partial charge in [-0.15, -0.1) is 12.4 Å². The lowest BCUT2D eigenvalue weighted by Gasteiger charge is -2.28. The Labute approximate surface area is 111 Å². The van der Waals surface area contributed by atoms with Crippen LogP contribution in [0.15, 0.2) is 0 Å². The first kappa shape index (κ1) is 17.1. The van der Waals surface area contributed by atoms with E-state index < -0.39 is 15.7 Å². The Morgan fingerprint density at radius 2 is 1.65 bits per heavy atom. The van der Waals surface area contributed by atoms with Crippen molar-refractivity contribution in [2.24, 2.45) is 5.73 Å². The molecule has 1 heterocycles. The highest BCUT2D eigenvalue weighted by Gasteiger charge is 2.29. The van der Waals surface area contributed by atoms with Crippen LogP contribution >= 0.6 is 12.4 Å². The number of hydrogen-bond acceptors (Lipinski definition) is 3. The van der Waals surface area contributed by atoms with Crippen molar-refractivity contribution in [2.75, 3.05) is 19.6 Å². The zero-order valence-electron chi connectivity index (χ0n) is 10.6. The van der Waals surface area contributed by atoms with E-state index in [2.05, 4.69) is 4.72 Å². The zero-order chi connectivity index (χ0) is 12.2. The Bertz CT molecular complexity index is 312. The molecule has 0 aromatic rings. The van der Waals surface area contributed by atoms with E-state index in [0.29, 0.717) is 19.6 Å². The molecule has 5 nitrogen and oxygen atoms in total. The van der Waals surface area contributed by atoms with Crippen molar-refractivity contribution in [2.45, 2.75) is 45.1 Å². The third-order valence-corrected chi connectivity index (χ3v) is 4.68. The first-order valence-corrected chi connectivity index (χ1v) is 7.30. The molecule has 0 aliphatic carbocycles. The third kappa shape index (κ3) is 5.52. The van der Waals surface area contributed by atoms with Crippen LogP contribution in [0.3, 0.4) is 0 Å². The van der Waals surface area contributed by atoms with Crippen LogP contribution in [0.1, 0.15) is 39.5 Å². The van der Waals surface area contributed by atoms with Crippen LogP contribution < -0.4 is 10.5 Å². The minimum atomic E-state index is -3.37. The van der Waals surface area contributed by atoms with Crippen LogP contribution in [0, 0.1) is 0 Å². The molecular formula is C10H24ClN3O2S. The maximum atomic E-state index is 12.1. The summed E-state index contributed by atoms with van der Waals surface area (Å²) in [6.45, 7) is 5.12. The summed E-state index contributed by atoms with van der Waals surface area (Å²) in [6, 6.07) is 0. The molecule has 0 bridgehead atoms. The van der Waals surface area contributed by atoms with E-state index in [0.717, 1.165) is 25.7 Å². The normalized spacial score (nSPS) is 19.5. The van der Waals surface area contributed by atoms with Crippen LogP contribution in [-0.4, -0.2) is 37.9 Å². The van der Waals surface area contributed by atoms with Crippen molar-refractivity contribution in [1.82, 2.24) is 9.03 Å². The van der Waals surface area contributed by atoms with Crippen molar-refractivity contribution >= 4 is 22.6 Å². The minimum absolute atomic E-state index is 0. The minimum Gasteiger partial charge on any atom is -0.329 e. The van der Waals surface area contributed by atoms with E-state index in [4.69, 9.17) is 5.73 Å². The van der Waals surface area contributed by atoms with Gasteiger partial charge in [-0.3, -0.25) is 0 Å². The van der Waals surface area contributed by atoms with Gasteiger partial charge in [0, 0.05) is 25.2 Å². The lowest BCUT2D eigenvalue weighted by Crippen LogP contribution is -2.53. The second-order valence-electron chi connectivity index (χ2n) is 5.01. The molecule has 0 atom stereocenters. The number of halogens is 1. The van der Waals surface area contributed by atoms with Crippen molar-refractivity contribution in [3.63, 3.8) is 0 Å². The summed E-state index contributed by atoms with van der Waals surface area (Å²) < 4.78 is 28.3. The van der Waals surface area contributed by atoms with Crippen LogP contribution in [0.2, 0.25) is 0 Å². The molecule has 1 aliphatic heterocycles. The average Bonchev–Trinajstić information content (AvgIpc) is 2.44. The van der Waals surface area contributed by atoms with Gasteiger partial charge in [-0.1, -0.05) is 12.8 Å². The van der Waals surface area contributed by atoms with Gasteiger partial charge in [0.2, 0.25) is 0 Å². The molecular weight excluding hydrogens is 262 g/mol. The lowest BCUT2D eigenvalue weighted by molar-refractivity contribution is 0.386. The fourth-order valence-electron chi connectivity index (χ4n) is 1.74. The molecule has 0 radical (unpaired) electrons. The van der Waals surface area contributed by atoms with Gasteiger partial charge in [0.05, 0.1) is 0 Å². The summed E-state index contributed by atoms with van der Waals surface area (Å²) in [4.78, 5) is 0. The number of nitrogens with two attached hydrogens (primary N) is 1. The Morgan fingerprint density at radius 1 is 1.18 bits per heavy atom. The lowest BCUT2D eigenvalue weighted by atomic mass is 10.1. The number of nitrogens with one attached hydrogen (secondary N) is 1. The topological polar surface area (TPSA) is 75.4 Å². The Morgan fingerprint density at radius 3 is 2.06 bits per heavy atom. The summed E-state index contributed by atoms with van der Waals surface area (Å²) in [5.41, 5.74) is 4.95. The van der Waals surface area contributed by atoms with Gasteiger partial charge >= 0.3 is 0 Å². The first-order valence-electron chi connectivity index (χ1n) is 5.86. The number of nitrogens with zero attached hydrogens (tertiary/aromatic N) is 1. The van der Waals surface area contributed by atoms with Gasteiger partial charge in [-0.25, -0.2) is 0 Å². The predicted molar refractivity (Wildman–Crippen MR) is 72.5 cm³/mol. The molecule has 1 rings (SSSR count). The molecule has 3 N–H and O–H groups in total. The second-order valence-corrected chi connectivity index (χ2v) is 6.68. The average molecular weight is 286 g/mol. The van der Waals surface area contributed by atoms with E-state index in [9.17, 15) is 8.42 Å². The van der Waals surface area contributed by atoms with Gasteiger partial charge in [0.1, 0.15) is 0 Å². The standard InChI is InChI=1S/C10H23N3O2S.ClH/c1-10(2,9-11)12-16(14,15)13-7-5-3-4-6-8-13;/h12H,3-9,11H2,1-2H3;1H. The molecule has 1 aliphatic rings. The largest absolute Gasteiger partial charge is 0.329 e. The molecule has 0 aromatic carbocycles. The van der Waals surface area contributed by atoms with Crippen molar-refractivity contribution < 1.29 is 8.42 Å². The van der Waals surface area contributed by atoms with E-state index >= 15 is 0 Å². The van der Waals surface area contributed by atoms with Crippen molar-refractivity contribution in [3.8, 4) is 0 Å². The Balaban J connectivity index is 0.00000256. The maximum absolute atomic E-state index is 12.1. The summed E-state index contributed by atoms with van der Waals surface area (Å²) >= 11 is 0. The first-order chi connectivity index (χ1) is 7.37. The monoisotopic (exact) mass is 285 g/mol. The quantitative estimate of drug-likeness (QED) is 0.804. The van der Waals surface area contributed by atoms with E-state index in [1.807, 2.05) is 0 Å². The fraction of sp³-hybridized carbons (Fsp3) is 1.00. The third-order valence-electron chi connectivity index (χ3n) is 2.82. The molecule has 0 unspecified atom stereocenters. The van der Waals surface area contributed by atoms with Gasteiger partial charge in [-0.05, 0) is 26.7 Å². The molecule has 1 saturated heterocycles. The molecule has 17 heavy (non-hydrogen) atoms. The highest BCUT2D eigenvalue weighted by Crippen LogP contribution is 2.14. The van der Waals surface area contributed by atoms with Gasteiger partial charge in [-0.2, -0.15) is 17.4 Å². The van der Waals surface area contributed by atoms with Gasteiger partial charge in [0.25, 0.3) is 10.2 Å². The van der Waals surface area contributed by atoms with Crippen molar-refractivity contribution in [1.29, 1.82) is 0 Å². The van der Waals surface area contributed by atoms with Crippen LogP contribution in [0.5, 0.6) is 0 Å². The predicted octanol–water partition coefficient (Wildman–Crippen LogP) is 0.856. The summed E-state index contributed by atoms with van der Waals surface area (Å²) in [7, 11) is -3.37. The molecule has 0 spiro atoms. The van der Waals surface area contributed by atoms with E-state index in [1.165, 1.54) is 4.31 Å². The summed E-state index contributed by atoms with van der Waals surface area (Å²) in [5.74, 6) is 0. The van der Waals surface area contributed by atoms with Crippen LogP contribution in [0.25, 0.3) is 0 Å². The van der Waals surface area contributed by atoms with Gasteiger partial charge < -0.3 is 5.73 Å². The number of hydrogen-bond donors (Lipinski definition) is 2. The molecule has 0 amide bonds. The van der Waals surface area contributed by atoms with Crippen molar-refractivity contribution in [3.05, 3.63) is 0 Å². The summed E-state index contributed by atoms with van der Waals surface area (Å²) in [5, 5.41) is 0. The highest BCUT2D eigenvalue weighted by molar-refractivity contribution is 7.87. The molecule has 1 fully saturated rings. The highest BCUT2D eigenvalue weighted by atomic mass is 35.5. The fourth-order valence-corrected chi connectivity index (χ4v) is 3.39. The van der Waals surface area contributed by atoms with Crippen LogP contribution in [-0.2, 0) is 10.2 Å². The molecule has 104 valence electrons. The molecule has 0 saturated carbocycles. The molecule has 0 aromatic heterocycles. The smallest absolute Gasteiger partial charge is 0.279 e. The second kappa shape index (κ2) is 6.89. The van der Waals surface area contributed by atoms with E-state index in [-0.39, 0.29) is 12.4 Å². The Hall–Kier alpha value is 0.120. The number of rotatable bonds is 4. The zero-order valence-corrected chi connectivity index (χ0v) is 12.2.